The van der Waals surface area contributed by atoms with Crippen molar-refractivity contribution in [2.45, 2.75) is 60.3 Å². The molecule has 4 aromatic heterocycles. The SMILES string of the molecule is Cc1sc(-c2nccc3c2sc2c4ccc(CC(C)(C)C)cc4ccc32)cc1Oc1cccc(-c2cc(C(C)(C)C)ccn2)c1. The predicted molar refractivity (Wildman–Crippen MR) is 194 cm³/mol. The third-order valence-electron chi connectivity index (χ3n) is 8.26. The Labute approximate surface area is 273 Å². The summed E-state index contributed by atoms with van der Waals surface area (Å²) >= 11 is 3.58. The number of pyridine rings is 2. The summed E-state index contributed by atoms with van der Waals surface area (Å²) in [6.07, 6.45) is 4.90. The summed E-state index contributed by atoms with van der Waals surface area (Å²) in [4.78, 5) is 11.8. The van der Waals surface area contributed by atoms with Gasteiger partial charge in [-0.2, -0.15) is 0 Å². The van der Waals surface area contributed by atoms with Crippen molar-refractivity contribution in [1.29, 1.82) is 0 Å². The Hall–Kier alpha value is -4.06. The molecule has 45 heavy (non-hydrogen) atoms. The third-order valence-corrected chi connectivity index (χ3v) is 10.6. The van der Waals surface area contributed by atoms with Crippen LogP contribution in [0.25, 0.3) is 52.8 Å². The van der Waals surface area contributed by atoms with Crippen molar-refractivity contribution in [3.05, 3.63) is 107 Å². The second-order valence-corrected chi connectivity index (χ2v) is 16.5. The summed E-state index contributed by atoms with van der Waals surface area (Å²) in [5, 5.41) is 5.16. The molecule has 0 bridgehead atoms. The van der Waals surface area contributed by atoms with Crippen molar-refractivity contribution >= 4 is 53.6 Å². The zero-order valence-electron chi connectivity index (χ0n) is 27.0. The summed E-state index contributed by atoms with van der Waals surface area (Å²) in [5.74, 6) is 1.66. The average molecular weight is 627 g/mol. The van der Waals surface area contributed by atoms with Gasteiger partial charge in [0.25, 0.3) is 0 Å². The molecule has 0 atom stereocenters. The van der Waals surface area contributed by atoms with Crippen LogP contribution in [0, 0.1) is 12.3 Å². The van der Waals surface area contributed by atoms with Gasteiger partial charge in [-0.1, -0.05) is 84.0 Å². The first kappa shape index (κ1) is 29.6. The predicted octanol–water partition coefficient (Wildman–Crippen LogP) is 12.4. The molecule has 5 heteroatoms. The molecule has 7 aromatic rings. The maximum Gasteiger partial charge on any atom is 0.141 e. The molecule has 0 radical (unpaired) electrons. The fraction of sp³-hybridized carbons (Fsp3) is 0.250. The van der Waals surface area contributed by atoms with Crippen molar-refractivity contribution in [3.63, 3.8) is 0 Å². The summed E-state index contributed by atoms with van der Waals surface area (Å²) in [6, 6.07) is 28.3. The summed E-state index contributed by atoms with van der Waals surface area (Å²) in [6.45, 7) is 15.7. The van der Waals surface area contributed by atoms with Crippen LogP contribution in [-0.2, 0) is 11.8 Å². The molecule has 0 aliphatic heterocycles. The maximum absolute atomic E-state index is 6.50. The molecule has 0 unspecified atom stereocenters. The van der Waals surface area contributed by atoms with Crippen LogP contribution in [0.15, 0.2) is 91.3 Å². The van der Waals surface area contributed by atoms with E-state index in [4.69, 9.17) is 9.72 Å². The van der Waals surface area contributed by atoms with Crippen LogP contribution in [0.5, 0.6) is 11.5 Å². The molecule has 0 N–H and O–H groups in total. The topological polar surface area (TPSA) is 35.0 Å². The van der Waals surface area contributed by atoms with Crippen molar-refractivity contribution < 1.29 is 4.74 Å². The van der Waals surface area contributed by atoms with Gasteiger partial charge in [-0.05, 0) is 76.4 Å². The van der Waals surface area contributed by atoms with Gasteiger partial charge in [0, 0.05) is 44.4 Å². The Morgan fingerprint density at radius 3 is 2.29 bits per heavy atom. The molecular formula is C40H38N2OS2. The third kappa shape index (κ3) is 5.87. The van der Waals surface area contributed by atoms with Gasteiger partial charge in [0.2, 0.25) is 0 Å². The van der Waals surface area contributed by atoms with Gasteiger partial charge in [-0.3, -0.25) is 9.97 Å². The molecule has 226 valence electrons. The number of thiophene rings is 2. The average Bonchev–Trinajstić information content (AvgIpc) is 3.56. The summed E-state index contributed by atoms with van der Waals surface area (Å²) in [7, 11) is 0. The van der Waals surface area contributed by atoms with Gasteiger partial charge in [-0.25, -0.2) is 0 Å². The molecule has 0 spiro atoms. The molecule has 0 aliphatic carbocycles. The number of benzene rings is 3. The minimum absolute atomic E-state index is 0.0595. The number of aromatic nitrogens is 2. The lowest BCUT2D eigenvalue weighted by molar-refractivity contribution is 0.411. The molecule has 0 amide bonds. The number of nitrogens with zero attached hydrogens (tertiary/aromatic N) is 2. The fourth-order valence-corrected chi connectivity index (χ4v) is 8.37. The minimum Gasteiger partial charge on any atom is -0.456 e. The van der Waals surface area contributed by atoms with E-state index in [2.05, 4.69) is 120 Å². The van der Waals surface area contributed by atoms with Crippen LogP contribution in [0.2, 0.25) is 0 Å². The van der Waals surface area contributed by atoms with E-state index in [1.807, 2.05) is 35.9 Å². The maximum atomic E-state index is 6.50. The monoisotopic (exact) mass is 626 g/mol. The Kier molecular flexibility index (Phi) is 7.30. The summed E-state index contributed by atoms with van der Waals surface area (Å²) < 4.78 is 9.05. The van der Waals surface area contributed by atoms with Crippen LogP contribution in [0.3, 0.4) is 0 Å². The number of ether oxygens (including phenoxy) is 1. The molecule has 0 saturated heterocycles. The lowest BCUT2D eigenvalue weighted by Gasteiger charge is -2.19. The Morgan fingerprint density at radius 1 is 0.711 bits per heavy atom. The van der Waals surface area contributed by atoms with Gasteiger partial charge < -0.3 is 4.74 Å². The van der Waals surface area contributed by atoms with E-state index in [9.17, 15) is 0 Å². The molecule has 7 rings (SSSR count). The standard InChI is InChI=1S/C40H38N2OS2/c1-24-34(43-29-10-8-9-27(20-29)33-21-28(15-17-41-33)40(5,6)7)22-35(44-24)36-38-32(16-18-42-36)31-14-12-26-19-25(23-39(2,3)4)11-13-30(26)37(31)45-38/h8-22H,23H2,1-7H3. The smallest absolute Gasteiger partial charge is 0.141 e. The van der Waals surface area contributed by atoms with E-state index in [-0.39, 0.29) is 10.8 Å². The van der Waals surface area contributed by atoms with Crippen LogP contribution < -0.4 is 4.74 Å². The molecule has 0 aliphatic rings. The second-order valence-electron chi connectivity index (χ2n) is 14.2. The first-order chi connectivity index (χ1) is 21.4. The number of rotatable bonds is 5. The van der Waals surface area contributed by atoms with Crippen LogP contribution in [0.4, 0.5) is 0 Å². The Balaban J connectivity index is 1.23. The normalized spacial score (nSPS) is 12.4. The van der Waals surface area contributed by atoms with E-state index in [0.717, 1.165) is 44.6 Å². The molecular weight excluding hydrogens is 589 g/mol. The van der Waals surface area contributed by atoms with Gasteiger partial charge in [0.1, 0.15) is 11.5 Å². The second kappa shape index (κ2) is 11.1. The number of fused-ring (bicyclic) bond motifs is 5. The van der Waals surface area contributed by atoms with E-state index in [0.29, 0.717) is 0 Å². The molecule has 4 heterocycles. The summed E-state index contributed by atoms with van der Waals surface area (Å²) in [5.41, 5.74) is 5.99. The number of aryl methyl sites for hydroxylation is 1. The van der Waals surface area contributed by atoms with Gasteiger partial charge in [0.15, 0.2) is 0 Å². The number of hydrogen-bond acceptors (Lipinski definition) is 5. The van der Waals surface area contributed by atoms with E-state index >= 15 is 0 Å². The van der Waals surface area contributed by atoms with Crippen LogP contribution >= 0.6 is 22.7 Å². The fourth-order valence-electron chi connectivity index (χ4n) is 6.02. The van der Waals surface area contributed by atoms with Crippen molar-refractivity contribution in [2.75, 3.05) is 0 Å². The lowest BCUT2D eigenvalue weighted by atomic mass is 9.87. The molecule has 3 aromatic carbocycles. The van der Waals surface area contributed by atoms with Crippen molar-refractivity contribution in [3.8, 4) is 33.3 Å². The van der Waals surface area contributed by atoms with Crippen molar-refractivity contribution in [2.24, 2.45) is 5.41 Å². The van der Waals surface area contributed by atoms with Gasteiger partial charge in [0.05, 0.1) is 21.0 Å². The van der Waals surface area contributed by atoms with Crippen LogP contribution in [-0.4, -0.2) is 9.97 Å². The van der Waals surface area contributed by atoms with Crippen LogP contribution in [0.1, 0.15) is 57.5 Å². The van der Waals surface area contributed by atoms with E-state index < -0.39 is 0 Å². The minimum atomic E-state index is 0.0595. The molecule has 0 saturated carbocycles. The first-order valence-electron chi connectivity index (χ1n) is 15.5. The van der Waals surface area contributed by atoms with E-state index in [1.165, 1.54) is 42.1 Å². The molecule has 0 fully saturated rings. The quantitative estimate of drug-likeness (QED) is 0.191. The zero-order valence-corrected chi connectivity index (χ0v) is 28.6. The highest BCUT2D eigenvalue weighted by Crippen LogP contribution is 2.45. The molecule has 3 nitrogen and oxygen atoms in total. The Bertz CT molecular complexity index is 2210. The highest BCUT2D eigenvalue weighted by molar-refractivity contribution is 7.27. The Morgan fingerprint density at radius 2 is 1.49 bits per heavy atom. The largest absolute Gasteiger partial charge is 0.456 e. The lowest BCUT2D eigenvalue weighted by Crippen LogP contribution is -2.11. The van der Waals surface area contributed by atoms with Gasteiger partial charge in [-0.15, -0.1) is 22.7 Å². The zero-order chi connectivity index (χ0) is 31.5. The van der Waals surface area contributed by atoms with Crippen molar-refractivity contribution in [1.82, 2.24) is 9.97 Å². The highest BCUT2D eigenvalue weighted by atomic mass is 32.1. The van der Waals surface area contributed by atoms with E-state index in [1.54, 1.807) is 11.3 Å². The highest BCUT2D eigenvalue weighted by Gasteiger charge is 2.19. The van der Waals surface area contributed by atoms with Gasteiger partial charge >= 0.3 is 0 Å². The first-order valence-corrected chi connectivity index (χ1v) is 17.1. The number of hydrogen-bond donors (Lipinski definition) is 0.